The van der Waals surface area contributed by atoms with Gasteiger partial charge in [-0.05, 0) is 62.5 Å². The number of methoxy groups -OCH3 is 1. The maximum Gasteiger partial charge on any atom is 0.216 e. The summed E-state index contributed by atoms with van der Waals surface area (Å²) < 4.78 is 7.07. The largest absolute Gasteiger partial charge is 0.507 e. The second kappa shape index (κ2) is 8.71. The summed E-state index contributed by atoms with van der Waals surface area (Å²) in [4.78, 5) is 2.16. The number of aromatic amines is 1. The number of aromatic nitrogens is 3. The van der Waals surface area contributed by atoms with Gasteiger partial charge in [0.25, 0.3) is 0 Å². The summed E-state index contributed by atoms with van der Waals surface area (Å²) >= 11 is 5.29. The average molecular weight is 398 g/mol. The first kappa shape index (κ1) is 19.6. The fourth-order valence-corrected chi connectivity index (χ4v) is 3.05. The van der Waals surface area contributed by atoms with Crippen molar-refractivity contribution < 1.29 is 9.84 Å². The molecule has 1 heterocycles. The predicted molar refractivity (Wildman–Crippen MR) is 114 cm³/mol. The Bertz CT molecular complexity index is 1020. The minimum atomic E-state index is 0.161. The normalized spacial score (nSPS) is 11.1. The van der Waals surface area contributed by atoms with Crippen LogP contribution in [0.1, 0.15) is 19.4 Å². The number of H-pyrrole nitrogens is 1. The summed E-state index contributed by atoms with van der Waals surface area (Å²) in [5, 5.41) is 21.8. The molecule has 0 aliphatic rings. The van der Waals surface area contributed by atoms with Crippen LogP contribution in [-0.4, -0.2) is 46.4 Å². The molecule has 0 spiro atoms. The van der Waals surface area contributed by atoms with Crippen molar-refractivity contribution >= 4 is 24.1 Å². The van der Waals surface area contributed by atoms with Crippen LogP contribution in [0.4, 0.5) is 5.69 Å². The van der Waals surface area contributed by atoms with Crippen LogP contribution in [0.2, 0.25) is 0 Å². The molecule has 1 aromatic heterocycles. The first-order valence-electron chi connectivity index (χ1n) is 9.01. The predicted octanol–water partition coefficient (Wildman–Crippen LogP) is 4.05. The van der Waals surface area contributed by atoms with Gasteiger partial charge in [0.2, 0.25) is 4.77 Å². The zero-order valence-corrected chi connectivity index (χ0v) is 16.9. The van der Waals surface area contributed by atoms with E-state index < -0.39 is 0 Å². The quantitative estimate of drug-likeness (QED) is 0.464. The molecule has 0 atom stereocenters. The summed E-state index contributed by atoms with van der Waals surface area (Å²) in [6.07, 6.45) is 1.57. The third-order valence-electron chi connectivity index (χ3n) is 4.45. The van der Waals surface area contributed by atoms with Gasteiger partial charge in [-0.2, -0.15) is 14.9 Å². The van der Waals surface area contributed by atoms with E-state index in [1.807, 2.05) is 36.4 Å². The van der Waals surface area contributed by atoms with Crippen molar-refractivity contribution in [3.05, 3.63) is 52.8 Å². The van der Waals surface area contributed by atoms with E-state index in [1.54, 1.807) is 19.4 Å². The summed E-state index contributed by atoms with van der Waals surface area (Å²) in [6.45, 7) is 5.91. The van der Waals surface area contributed by atoms with Crippen LogP contribution < -0.4 is 9.64 Å². The molecule has 3 aromatic rings. The fourth-order valence-electron chi connectivity index (χ4n) is 2.87. The first-order chi connectivity index (χ1) is 13.6. The third-order valence-corrected chi connectivity index (χ3v) is 4.72. The summed E-state index contributed by atoms with van der Waals surface area (Å²) in [7, 11) is 1.62. The zero-order chi connectivity index (χ0) is 20.1. The van der Waals surface area contributed by atoms with Crippen molar-refractivity contribution in [3.63, 3.8) is 0 Å². The molecule has 0 saturated carbocycles. The Labute approximate surface area is 168 Å². The van der Waals surface area contributed by atoms with Crippen LogP contribution in [0.25, 0.3) is 11.4 Å². The van der Waals surface area contributed by atoms with E-state index in [0.29, 0.717) is 16.2 Å². The van der Waals surface area contributed by atoms with E-state index in [-0.39, 0.29) is 5.75 Å². The molecule has 2 N–H and O–H groups in total. The van der Waals surface area contributed by atoms with Gasteiger partial charge in [-0.25, -0.2) is 5.10 Å². The third kappa shape index (κ3) is 4.07. The van der Waals surface area contributed by atoms with Crippen LogP contribution in [0, 0.1) is 4.77 Å². The maximum absolute atomic E-state index is 10.4. The van der Waals surface area contributed by atoms with Gasteiger partial charge in [-0.1, -0.05) is 0 Å². The van der Waals surface area contributed by atoms with Crippen LogP contribution in [0.3, 0.4) is 0 Å². The Balaban J connectivity index is 1.91. The lowest BCUT2D eigenvalue weighted by Crippen LogP contribution is -2.21. The van der Waals surface area contributed by atoms with Crippen LogP contribution >= 0.6 is 12.2 Å². The molecule has 0 unspecified atom stereocenters. The van der Waals surface area contributed by atoms with E-state index >= 15 is 0 Å². The van der Waals surface area contributed by atoms with Gasteiger partial charge in [-0.15, -0.1) is 0 Å². The first-order valence-corrected chi connectivity index (χ1v) is 9.42. The topological polar surface area (TPSA) is 78.7 Å². The molecule has 8 heteroatoms. The summed E-state index contributed by atoms with van der Waals surface area (Å²) in [5.74, 6) is 1.49. The average Bonchev–Trinajstić information content (AvgIpc) is 3.09. The zero-order valence-electron chi connectivity index (χ0n) is 16.1. The monoisotopic (exact) mass is 397 g/mol. The molecule has 0 radical (unpaired) electrons. The Morgan fingerprint density at radius 2 is 1.93 bits per heavy atom. The molecule has 0 aliphatic carbocycles. The lowest BCUT2D eigenvalue weighted by Gasteiger charge is -2.21. The lowest BCUT2D eigenvalue weighted by molar-refractivity contribution is 0.415. The highest BCUT2D eigenvalue weighted by Gasteiger charge is 2.09. The Hall–Kier alpha value is -3.13. The van der Waals surface area contributed by atoms with Crippen molar-refractivity contribution in [2.75, 3.05) is 25.1 Å². The molecular weight excluding hydrogens is 374 g/mol. The number of hydrogen-bond acceptors (Lipinski definition) is 6. The summed E-state index contributed by atoms with van der Waals surface area (Å²) in [6, 6.07) is 13.0. The number of phenols is 1. The van der Waals surface area contributed by atoms with E-state index in [0.717, 1.165) is 30.1 Å². The van der Waals surface area contributed by atoms with Crippen LogP contribution in [-0.2, 0) is 0 Å². The molecular formula is C20H23N5O2S. The minimum Gasteiger partial charge on any atom is -0.507 e. The Morgan fingerprint density at radius 1 is 1.21 bits per heavy atom. The number of nitrogens with zero attached hydrogens (tertiary/aromatic N) is 4. The van der Waals surface area contributed by atoms with Crippen molar-refractivity contribution in [3.8, 4) is 22.9 Å². The molecule has 28 heavy (non-hydrogen) atoms. The number of ether oxygens (including phenoxy) is 1. The highest BCUT2D eigenvalue weighted by atomic mass is 32.1. The molecule has 7 nitrogen and oxygen atoms in total. The molecule has 0 aliphatic heterocycles. The number of nitrogens with one attached hydrogen (secondary N) is 1. The SMILES string of the molecule is CCN(CC)c1ccc(/C=N/n2c(-c3ccc(OC)cc3)n[nH]c2=S)c(O)c1. The molecule has 3 rings (SSSR count). The highest BCUT2D eigenvalue weighted by Crippen LogP contribution is 2.24. The maximum atomic E-state index is 10.4. The fraction of sp³-hybridized carbons (Fsp3) is 0.250. The van der Waals surface area contributed by atoms with Gasteiger partial charge >= 0.3 is 0 Å². The van der Waals surface area contributed by atoms with Crippen molar-refractivity contribution in [1.29, 1.82) is 0 Å². The lowest BCUT2D eigenvalue weighted by atomic mass is 10.2. The molecule has 0 bridgehead atoms. The van der Waals surface area contributed by atoms with Gasteiger partial charge in [0.15, 0.2) is 5.82 Å². The van der Waals surface area contributed by atoms with Crippen LogP contribution in [0.15, 0.2) is 47.6 Å². The molecule has 2 aromatic carbocycles. The number of rotatable bonds is 7. The number of phenolic OH excluding ortho intramolecular Hbond substituents is 1. The van der Waals surface area contributed by atoms with Gasteiger partial charge in [0.1, 0.15) is 11.5 Å². The Morgan fingerprint density at radius 3 is 2.54 bits per heavy atom. The van der Waals surface area contributed by atoms with Gasteiger partial charge in [0, 0.05) is 36.0 Å². The van der Waals surface area contributed by atoms with Crippen molar-refractivity contribution in [2.24, 2.45) is 5.10 Å². The molecule has 146 valence electrons. The molecule has 0 saturated heterocycles. The second-order valence-electron chi connectivity index (χ2n) is 6.05. The summed E-state index contributed by atoms with van der Waals surface area (Å²) in [5.41, 5.74) is 2.41. The highest BCUT2D eigenvalue weighted by molar-refractivity contribution is 7.71. The van der Waals surface area contributed by atoms with E-state index in [9.17, 15) is 5.11 Å². The van der Waals surface area contributed by atoms with Gasteiger partial charge < -0.3 is 14.7 Å². The number of benzene rings is 2. The smallest absolute Gasteiger partial charge is 0.216 e. The van der Waals surface area contributed by atoms with Gasteiger partial charge in [-0.3, -0.25) is 0 Å². The molecule has 0 fully saturated rings. The number of anilines is 1. The van der Waals surface area contributed by atoms with Crippen molar-refractivity contribution in [2.45, 2.75) is 13.8 Å². The van der Waals surface area contributed by atoms with Crippen LogP contribution in [0.5, 0.6) is 11.5 Å². The van der Waals surface area contributed by atoms with E-state index in [2.05, 4.69) is 34.0 Å². The standard InChI is InChI=1S/C20H23N5O2S/c1-4-24(5-2)16-9-6-15(18(26)12-16)13-21-25-19(22-23-20(25)28)14-7-10-17(27-3)11-8-14/h6-13,26H,4-5H2,1-3H3,(H,23,28)/b21-13+. The minimum absolute atomic E-state index is 0.161. The van der Waals surface area contributed by atoms with E-state index in [4.69, 9.17) is 17.0 Å². The molecule has 0 amide bonds. The van der Waals surface area contributed by atoms with Gasteiger partial charge in [0.05, 0.1) is 13.3 Å². The number of hydrogen-bond donors (Lipinski definition) is 2. The Kier molecular flexibility index (Phi) is 6.10. The van der Waals surface area contributed by atoms with Crippen molar-refractivity contribution in [1.82, 2.24) is 14.9 Å². The number of aromatic hydroxyl groups is 1. The second-order valence-corrected chi connectivity index (χ2v) is 6.44. The van der Waals surface area contributed by atoms with E-state index in [1.165, 1.54) is 4.68 Å².